The molecule has 21 heavy (non-hydrogen) atoms. The predicted octanol–water partition coefficient (Wildman–Crippen LogP) is 2.12. The minimum absolute atomic E-state index is 0.108. The van der Waals surface area contributed by atoms with Crippen LogP contribution in [-0.4, -0.2) is 37.4 Å². The summed E-state index contributed by atoms with van der Waals surface area (Å²) in [6, 6.07) is 8.84. The van der Waals surface area contributed by atoms with E-state index in [0.717, 1.165) is 0 Å². The molecular formula is C16H18O5. The summed E-state index contributed by atoms with van der Waals surface area (Å²) < 4.78 is 15.6. The van der Waals surface area contributed by atoms with Gasteiger partial charge >= 0.3 is 5.97 Å². The number of ketones is 1. The number of epoxide rings is 1. The molecule has 2 atom stereocenters. The molecule has 5 nitrogen and oxygen atoms in total. The van der Waals surface area contributed by atoms with Crippen molar-refractivity contribution in [1.29, 1.82) is 0 Å². The molecule has 0 amide bonds. The van der Waals surface area contributed by atoms with Crippen LogP contribution < -0.4 is 0 Å². The summed E-state index contributed by atoms with van der Waals surface area (Å²) in [7, 11) is 1.28. The topological polar surface area (TPSA) is 65.1 Å². The van der Waals surface area contributed by atoms with Crippen LogP contribution in [0.3, 0.4) is 0 Å². The summed E-state index contributed by atoms with van der Waals surface area (Å²) in [6.07, 6.45) is -0.613. The highest BCUT2D eigenvalue weighted by Crippen LogP contribution is 2.44. The second-order valence-corrected chi connectivity index (χ2v) is 4.74. The molecule has 1 saturated heterocycles. The Morgan fingerprint density at radius 2 is 2.00 bits per heavy atom. The molecular weight excluding hydrogens is 272 g/mol. The third-order valence-corrected chi connectivity index (χ3v) is 3.28. The van der Waals surface area contributed by atoms with Gasteiger partial charge in [-0.3, -0.25) is 4.79 Å². The third-order valence-electron chi connectivity index (χ3n) is 3.28. The number of hydrogen-bond donors (Lipinski definition) is 0. The van der Waals surface area contributed by atoms with Crippen molar-refractivity contribution >= 4 is 11.8 Å². The Morgan fingerprint density at radius 1 is 1.33 bits per heavy atom. The van der Waals surface area contributed by atoms with E-state index in [4.69, 9.17) is 9.47 Å². The van der Waals surface area contributed by atoms with Crippen LogP contribution in [0.2, 0.25) is 0 Å². The lowest BCUT2D eigenvalue weighted by atomic mass is 10.0. The molecule has 112 valence electrons. The minimum Gasteiger partial charge on any atom is -0.466 e. The van der Waals surface area contributed by atoms with E-state index in [2.05, 4.69) is 11.3 Å². The molecule has 0 bridgehead atoms. The second kappa shape index (κ2) is 6.20. The van der Waals surface area contributed by atoms with Crippen molar-refractivity contribution in [2.75, 3.05) is 13.7 Å². The molecule has 0 spiro atoms. The quantitative estimate of drug-likeness (QED) is 0.333. The molecule has 2 unspecified atom stereocenters. The zero-order valence-electron chi connectivity index (χ0n) is 12.1. The maximum Gasteiger partial charge on any atom is 0.333 e. The fourth-order valence-electron chi connectivity index (χ4n) is 2.23. The lowest BCUT2D eigenvalue weighted by molar-refractivity contribution is -0.137. The van der Waals surface area contributed by atoms with Crippen molar-refractivity contribution in [3.05, 3.63) is 48.0 Å². The lowest BCUT2D eigenvalue weighted by Gasteiger charge is -2.13. The van der Waals surface area contributed by atoms with Gasteiger partial charge in [-0.15, -0.1) is 0 Å². The monoisotopic (exact) mass is 290 g/mol. The Labute approximate surface area is 123 Å². The first-order valence-electron chi connectivity index (χ1n) is 6.71. The molecule has 1 aromatic carbocycles. The second-order valence-electron chi connectivity index (χ2n) is 4.74. The first kappa shape index (κ1) is 15.4. The maximum absolute atomic E-state index is 12.4. The van der Waals surface area contributed by atoms with Crippen LogP contribution in [0.1, 0.15) is 23.7 Å². The van der Waals surface area contributed by atoms with E-state index in [1.54, 1.807) is 31.2 Å². The largest absolute Gasteiger partial charge is 0.466 e. The van der Waals surface area contributed by atoms with E-state index >= 15 is 0 Å². The highest BCUT2D eigenvalue weighted by atomic mass is 16.8. The van der Waals surface area contributed by atoms with Gasteiger partial charge in [0, 0.05) is 24.2 Å². The van der Waals surface area contributed by atoms with Crippen LogP contribution in [0, 0.1) is 0 Å². The average molecular weight is 290 g/mol. The van der Waals surface area contributed by atoms with Gasteiger partial charge in [-0.25, -0.2) is 4.79 Å². The molecule has 0 aliphatic carbocycles. The van der Waals surface area contributed by atoms with Crippen molar-refractivity contribution < 1.29 is 23.8 Å². The SMILES string of the molecule is C=C(CC1(OCC)OC1C(=O)c1ccccc1)C(=O)OC. The van der Waals surface area contributed by atoms with E-state index in [0.29, 0.717) is 12.2 Å². The molecule has 0 radical (unpaired) electrons. The number of methoxy groups -OCH3 is 1. The number of Topliss-reactive ketones (excluding diaryl/α,β-unsaturated/α-hetero) is 1. The lowest BCUT2D eigenvalue weighted by Crippen LogP contribution is -2.27. The minimum atomic E-state index is -1.10. The molecule has 1 aromatic rings. The molecule has 1 aliphatic heterocycles. The van der Waals surface area contributed by atoms with Crippen molar-refractivity contribution in [1.82, 2.24) is 0 Å². The number of hydrogen-bond acceptors (Lipinski definition) is 5. The standard InChI is InChI=1S/C16H18O5/c1-4-20-16(10-11(2)15(18)19-3)14(21-16)13(17)12-8-6-5-7-9-12/h5-9,14H,2,4,10H2,1,3H3. The third kappa shape index (κ3) is 3.20. The highest BCUT2D eigenvalue weighted by molar-refractivity contribution is 6.02. The van der Waals surface area contributed by atoms with Crippen molar-refractivity contribution in [2.45, 2.75) is 25.2 Å². The number of rotatable bonds is 7. The molecule has 2 rings (SSSR count). The van der Waals surface area contributed by atoms with Crippen LogP contribution in [0.25, 0.3) is 0 Å². The van der Waals surface area contributed by atoms with Gasteiger partial charge in [0.05, 0.1) is 7.11 Å². The molecule has 0 aromatic heterocycles. The molecule has 0 saturated carbocycles. The van der Waals surface area contributed by atoms with Gasteiger partial charge in [-0.1, -0.05) is 36.9 Å². The summed E-state index contributed by atoms with van der Waals surface area (Å²) >= 11 is 0. The Morgan fingerprint density at radius 3 is 2.57 bits per heavy atom. The Hall–Kier alpha value is -1.98. The van der Waals surface area contributed by atoms with Crippen LogP contribution >= 0.6 is 0 Å². The number of carbonyl (C=O) groups excluding carboxylic acids is 2. The number of ether oxygens (including phenoxy) is 3. The molecule has 5 heteroatoms. The highest BCUT2D eigenvalue weighted by Gasteiger charge is 2.62. The fourth-order valence-corrected chi connectivity index (χ4v) is 2.23. The van der Waals surface area contributed by atoms with Gasteiger partial charge < -0.3 is 14.2 Å². The van der Waals surface area contributed by atoms with Gasteiger partial charge in [0.2, 0.25) is 5.79 Å². The smallest absolute Gasteiger partial charge is 0.333 e. The van der Waals surface area contributed by atoms with Crippen molar-refractivity contribution in [2.24, 2.45) is 0 Å². The zero-order chi connectivity index (χ0) is 15.5. The zero-order valence-corrected chi connectivity index (χ0v) is 12.1. The summed E-state index contributed by atoms with van der Waals surface area (Å²) in [4.78, 5) is 23.8. The normalized spacial score (nSPS) is 23.4. The fraction of sp³-hybridized carbons (Fsp3) is 0.375. The van der Waals surface area contributed by atoms with Crippen LogP contribution in [0.5, 0.6) is 0 Å². The van der Waals surface area contributed by atoms with E-state index < -0.39 is 17.9 Å². The van der Waals surface area contributed by atoms with E-state index in [-0.39, 0.29) is 17.8 Å². The number of carbonyl (C=O) groups is 2. The summed E-state index contributed by atoms with van der Waals surface area (Å²) in [5, 5.41) is 0. The summed E-state index contributed by atoms with van der Waals surface area (Å²) in [6.45, 7) is 5.82. The Kier molecular flexibility index (Phi) is 4.55. The van der Waals surface area contributed by atoms with Crippen LogP contribution in [0.4, 0.5) is 0 Å². The predicted molar refractivity (Wildman–Crippen MR) is 75.8 cm³/mol. The summed E-state index contributed by atoms with van der Waals surface area (Å²) in [5.41, 5.74) is 0.766. The number of benzene rings is 1. The summed E-state index contributed by atoms with van der Waals surface area (Å²) in [5.74, 6) is -1.80. The molecule has 0 N–H and O–H groups in total. The number of esters is 1. The average Bonchev–Trinajstić information content (AvgIpc) is 3.20. The van der Waals surface area contributed by atoms with Gasteiger partial charge in [0.25, 0.3) is 0 Å². The van der Waals surface area contributed by atoms with Crippen molar-refractivity contribution in [3.8, 4) is 0 Å². The van der Waals surface area contributed by atoms with E-state index in [1.807, 2.05) is 6.07 Å². The molecule has 1 fully saturated rings. The first-order chi connectivity index (χ1) is 10.0. The first-order valence-corrected chi connectivity index (χ1v) is 6.71. The van der Waals surface area contributed by atoms with Crippen LogP contribution in [0.15, 0.2) is 42.5 Å². The van der Waals surface area contributed by atoms with Crippen molar-refractivity contribution in [3.63, 3.8) is 0 Å². The van der Waals surface area contributed by atoms with Crippen LogP contribution in [-0.2, 0) is 19.0 Å². The Balaban J connectivity index is 2.11. The van der Waals surface area contributed by atoms with E-state index in [9.17, 15) is 9.59 Å². The van der Waals surface area contributed by atoms with Gasteiger partial charge in [0.1, 0.15) is 0 Å². The maximum atomic E-state index is 12.4. The van der Waals surface area contributed by atoms with E-state index in [1.165, 1.54) is 7.11 Å². The van der Waals surface area contributed by atoms with Gasteiger partial charge in [-0.2, -0.15) is 0 Å². The molecule has 1 heterocycles. The van der Waals surface area contributed by atoms with Gasteiger partial charge in [-0.05, 0) is 6.92 Å². The Bertz CT molecular complexity index is 551. The van der Waals surface area contributed by atoms with Gasteiger partial charge in [0.15, 0.2) is 11.9 Å². The molecule has 1 aliphatic rings.